The van der Waals surface area contributed by atoms with Gasteiger partial charge in [-0.3, -0.25) is 19.6 Å². The first-order valence-electron chi connectivity index (χ1n) is 9.73. The Kier molecular flexibility index (Phi) is 6.80. The van der Waals surface area contributed by atoms with Crippen LogP contribution in [0, 0.1) is 15.9 Å². The van der Waals surface area contributed by atoms with Crippen LogP contribution in [-0.2, 0) is 13.2 Å². The lowest BCUT2D eigenvalue weighted by Crippen LogP contribution is -2.12. The second-order valence-electron chi connectivity index (χ2n) is 6.98. The molecule has 0 fully saturated rings. The summed E-state index contributed by atoms with van der Waals surface area (Å²) in [5.41, 5.74) is 0.111. The lowest BCUT2D eigenvalue weighted by molar-refractivity contribution is -0.384. The molecule has 0 unspecified atom stereocenters. The minimum absolute atomic E-state index is 0.00422. The highest BCUT2D eigenvalue weighted by Crippen LogP contribution is 2.29. The summed E-state index contributed by atoms with van der Waals surface area (Å²) in [6.07, 6.45) is 1.57. The quantitative estimate of drug-likeness (QED) is 0.243. The minimum Gasteiger partial charge on any atom is -0.484 e. The largest absolute Gasteiger partial charge is 0.484 e. The maximum absolute atomic E-state index is 14.0. The molecule has 0 aliphatic heterocycles. The van der Waals surface area contributed by atoms with E-state index in [0.717, 1.165) is 0 Å². The molecule has 2 heterocycles. The van der Waals surface area contributed by atoms with Crippen LogP contribution in [0.2, 0.25) is 10.0 Å². The predicted molar refractivity (Wildman–Crippen MR) is 122 cm³/mol. The normalized spacial score (nSPS) is 10.8. The molecule has 0 atom stereocenters. The molecular formula is C22H15Cl2FN4O5. The number of ether oxygens (including phenoxy) is 1. The van der Waals surface area contributed by atoms with Gasteiger partial charge < -0.3 is 14.5 Å². The average molecular weight is 505 g/mol. The fourth-order valence-electron chi connectivity index (χ4n) is 2.98. The van der Waals surface area contributed by atoms with Gasteiger partial charge in [-0.05, 0) is 30.3 Å². The Bertz CT molecular complexity index is 1350. The number of nitro benzene ring substituents is 1. The Morgan fingerprint density at radius 1 is 1.18 bits per heavy atom. The summed E-state index contributed by atoms with van der Waals surface area (Å²) in [5, 5.41) is 18.2. The summed E-state index contributed by atoms with van der Waals surface area (Å²) in [7, 11) is 0. The maximum Gasteiger partial charge on any atom is 0.292 e. The van der Waals surface area contributed by atoms with Gasteiger partial charge >= 0.3 is 0 Å². The molecule has 34 heavy (non-hydrogen) atoms. The van der Waals surface area contributed by atoms with E-state index >= 15 is 0 Å². The van der Waals surface area contributed by atoms with Crippen molar-refractivity contribution in [2.75, 3.05) is 5.32 Å². The van der Waals surface area contributed by atoms with Crippen LogP contribution in [0.25, 0.3) is 0 Å². The highest BCUT2D eigenvalue weighted by atomic mass is 35.5. The number of non-ortho nitro benzene ring substituents is 1. The lowest BCUT2D eigenvalue weighted by Gasteiger charge is -2.06. The van der Waals surface area contributed by atoms with Crippen LogP contribution in [0.5, 0.6) is 5.75 Å². The summed E-state index contributed by atoms with van der Waals surface area (Å²) in [6, 6.07) is 12.7. The lowest BCUT2D eigenvalue weighted by atomic mass is 10.2. The number of halogens is 3. The average Bonchev–Trinajstić information content (AvgIpc) is 3.45. The summed E-state index contributed by atoms with van der Waals surface area (Å²) >= 11 is 12.0. The van der Waals surface area contributed by atoms with Gasteiger partial charge in [-0.15, -0.1) is 0 Å². The Morgan fingerprint density at radius 3 is 2.76 bits per heavy atom. The number of amides is 1. The molecule has 0 saturated carbocycles. The van der Waals surface area contributed by atoms with Crippen molar-refractivity contribution < 1.29 is 23.3 Å². The standard InChI is InChI=1S/C22H15Cl2FN4O5/c23-16-2-1-3-18(25)15(16)11-28-9-8-21(27-28)26-22(30)19-7-5-14(34-19)12-33-20-10-13(29(31)32)4-6-17(20)24/h1-10H,11-12H2,(H,26,27,30). The number of hydrogen-bond donors (Lipinski definition) is 1. The van der Waals surface area contributed by atoms with Gasteiger partial charge in [-0.2, -0.15) is 5.10 Å². The van der Waals surface area contributed by atoms with Crippen molar-refractivity contribution in [3.8, 4) is 5.75 Å². The number of carbonyl (C=O) groups is 1. The van der Waals surface area contributed by atoms with E-state index in [4.69, 9.17) is 32.4 Å². The number of hydrogen-bond acceptors (Lipinski definition) is 6. The Hall–Kier alpha value is -3.89. The molecule has 1 N–H and O–H groups in total. The molecule has 0 aliphatic rings. The number of aromatic nitrogens is 2. The first-order valence-corrected chi connectivity index (χ1v) is 10.5. The van der Waals surface area contributed by atoms with Crippen molar-refractivity contribution in [1.82, 2.24) is 9.78 Å². The zero-order chi connectivity index (χ0) is 24.2. The SMILES string of the molecule is O=C(Nc1ccn(Cc2c(F)cccc2Cl)n1)c1ccc(COc2cc([N+](=O)[O-])ccc2Cl)o1. The molecule has 0 radical (unpaired) electrons. The molecule has 2 aromatic heterocycles. The summed E-state index contributed by atoms with van der Waals surface area (Å²) < 4.78 is 26.4. The molecule has 174 valence electrons. The van der Waals surface area contributed by atoms with E-state index in [1.807, 2.05) is 0 Å². The number of anilines is 1. The van der Waals surface area contributed by atoms with Crippen molar-refractivity contribution in [3.63, 3.8) is 0 Å². The Balaban J connectivity index is 1.37. The molecule has 2 aromatic carbocycles. The summed E-state index contributed by atoms with van der Waals surface area (Å²) in [5.74, 6) is -0.379. The van der Waals surface area contributed by atoms with E-state index in [1.165, 1.54) is 47.1 Å². The molecule has 9 nitrogen and oxygen atoms in total. The van der Waals surface area contributed by atoms with E-state index in [1.54, 1.807) is 18.3 Å². The number of furan rings is 1. The first-order chi connectivity index (χ1) is 16.3. The van der Waals surface area contributed by atoms with Gasteiger partial charge in [0, 0.05) is 28.9 Å². The molecule has 4 rings (SSSR count). The molecule has 4 aromatic rings. The topological polar surface area (TPSA) is 112 Å². The molecule has 0 saturated heterocycles. The fourth-order valence-corrected chi connectivity index (χ4v) is 3.38. The van der Waals surface area contributed by atoms with E-state index in [2.05, 4.69) is 10.4 Å². The van der Waals surface area contributed by atoms with Gasteiger partial charge in [-0.1, -0.05) is 29.3 Å². The van der Waals surface area contributed by atoms with E-state index < -0.39 is 16.6 Å². The predicted octanol–water partition coefficient (Wildman–Crippen LogP) is 5.71. The monoisotopic (exact) mass is 504 g/mol. The van der Waals surface area contributed by atoms with Gasteiger partial charge in [0.2, 0.25) is 0 Å². The van der Waals surface area contributed by atoms with Crippen LogP contribution in [0.4, 0.5) is 15.9 Å². The summed E-state index contributed by atoms with van der Waals surface area (Å²) in [6.45, 7) is -0.0178. The van der Waals surface area contributed by atoms with Crippen molar-refractivity contribution in [1.29, 1.82) is 0 Å². The zero-order valence-corrected chi connectivity index (χ0v) is 18.7. The number of rotatable bonds is 8. The number of benzene rings is 2. The van der Waals surface area contributed by atoms with Gasteiger partial charge in [-0.25, -0.2) is 4.39 Å². The van der Waals surface area contributed by atoms with Crippen molar-refractivity contribution in [2.45, 2.75) is 13.2 Å². The van der Waals surface area contributed by atoms with Crippen LogP contribution < -0.4 is 10.1 Å². The van der Waals surface area contributed by atoms with Gasteiger partial charge in [0.15, 0.2) is 11.6 Å². The Morgan fingerprint density at radius 2 is 2.00 bits per heavy atom. The zero-order valence-electron chi connectivity index (χ0n) is 17.2. The van der Waals surface area contributed by atoms with Crippen LogP contribution in [0.15, 0.2) is 65.2 Å². The number of nitrogens with zero attached hydrogens (tertiary/aromatic N) is 3. The molecule has 0 bridgehead atoms. The third kappa shape index (κ3) is 5.36. The second-order valence-corrected chi connectivity index (χ2v) is 7.79. The summed E-state index contributed by atoms with van der Waals surface area (Å²) in [4.78, 5) is 22.8. The third-order valence-corrected chi connectivity index (χ3v) is 5.31. The van der Waals surface area contributed by atoms with Crippen molar-refractivity contribution in [2.24, 2.45) is 0 Å². The van der Waals surface area contributed by atoms with Gasteiger partial charge in [0.05, 0.1) is 22.6 Å². The smallest absolute Gasteiger partial charge is 0.292 e. The number of nitrogens with one attached hydrogen (secondary N) is 1. The van der Waals surface area contributed by atoms with Crippen LogP contribution in [0.1, 0.15) is 21.9 Å². The van der Waals surface area contributed by atoms with E-state index in [9.17, 15) is 19.3 Å². The fraction of sp³-hybridized carbons (Fsp3) is 0.0909. The first kappa shape index (κ1) is 23.3. The highest BCUT2D eigenvalue weighted by Gasteiger charge is 2.16. The van der Waals surface area contributed by atoms with Crippen molar-refractivity contribution >= 4 is 40.6 Å². The number of carbonyl (C=O) groups excluding carboxylic acids is 1. The Labute approximate surface area is 201 Å². The van der Waals surface area contributed by atoms with E-state index in [0.29, 0.717) is 5.76 Å². The van der Waals surface area contributed by atoms with Gasteiger partial charge in [0.25, 0.3) is 11.6 Å². The third-order valence-electron chi connectivity index (χ3n) is 4.65. The number of nitro groups is 1. The molecule has 0 spiro atoms. The van der Waals surface area contributed by atoms with Gasteiger partial charge in [0.1, 0.15) is 23.9 Å². The minimum atomic E-state index is -0.565. The van der Waals surface area contributed by atoms with Crippen LogP contribution in [-0.4, -0.2) is 20.6 Å². The van der Waals surface area contributed by atoms with Crippen molar-refractivity contribution in [3.05, 3.63) is 104 Å². The molecule has 1 amide bonds. The maximum atomic E-state index is 14.0. The highest BCUT2D eigenvalue weighted by molar-refractivity contribution is 6.32. The second kappa shape index (κ2) is 9.94. The molecule has 0 aliphatic carbocycles. The van der Waals surface area contributed by atoms with E-state index in [-0.39, 0.29) is 51.8 Å². The molecular weight excluding hydrogens is 490 g/mol. The van der Waals surface area contributed by atoms with Crippen LogP contribution in [0.3, 0.4) is 0 Å². The van der Waals surface area contributed by atoms with Crippen LogP contribution >= 0.6 is 23.2 Å². The molecule has 12 heteroatoms.